The monoisotopic (exact) mass is 292 g/mol. The van der Waals surface area contributed by atoms with Gasteiger partial charge in [-0.3, -0.25) is 0 Å². The zero-order valence-electron chi connectivity index (χ0n) is 11.9. The second kappa shape index (κ2) is 4.60. The third kappa shape index (κ3) is 1.88. The minimum absolute atomic E-state index is 0.00174. The highest BCUT2D eigenvalue weighted by atomic mass is 19.1. The van der Waals surface area contributed by atoms with E-state index in [4.69, 9.17) is 0 Å². The van der Waals surface area contributed by atoms with Gasteiger partial charge in [-0.15, -0.1) is 0 Å². The molecule has 2 saturated carbocycles. The van der Waals surface area contributed by atoms with Crippen LogP contribution in [0.3, 0.4) is 0 Å². The molecule has 0 radical (unpaired) electrons. The molecule has 1 unspecified atom stereocenters. The first-order valence-corrected chi connectivity index (χ1v) is 7.93. The summed E-state index contributed by atoms with van der Waals surface area (Å²) in [4.78, 5) is 0. The van der Waals surface area contributed by atoms with Crippen molar-refractivity contribution in [2.24, 2.45) is 17.8 Å². The van der Waals surface area contributed by atoms with E-state index in [1.165, 1.54) is 6.07 Å². The number of halogens is 1. The Bertz CT molecular complexity index is 573. The first-order chi connectivity index (χ1) is 10.1. The molecule has 0 amide bonds. The second-order valence-electron chi connectivity index (χ2n) is 6.99. The molecule has 0 aliphatic heterocycles. The molecule has 4 heteroatoms. The number of benzene rings is 1. The molecule has 0 bridgehead atoms. The van der Waals surface area contributed by atoms with E-state index in [0.717, 1.165) is 36.8 Å². The molecule has 3 aliphatic rings. The van der Waals surface area contributed by atoms with E-state index in [1.54, 1.807) is 6.07 Å². The first kappa shape index (κ1) is 13.4. The molecule has 1 aromatic carbocycles. The summed E-state index contributed by atoms with van der Waals surface area (Å²) in [6.07, 6.45) is 2.42. The quantitative estimate of drug-likeness (QED) is 0.689. The fraction of sp³-hybridized carbons (Fsp3) is 0.647. The Morgan fingerprint density at radius 2 is 1.76 bits per heavy atom. The van der Waals surface area contributed by atoms with Crippen molar-refractivity contribution in [3.8, 4) is 11.5 Å². The number of hydrogen-bond acceptors (Lipinski definition) is 3. The van der Waals surface area contributed by atoms with Gasteiger partial charge in [0.15, 0.2) is 0 Å². The van der Waals surface area contributed by atoms with Gasteiger partial charge in [0, 0.05) is 24.0 Å². The Labute approximate surface area is 123 Å². The van der Waals surface area contributed by atoms with Crippen LogP contribution < -0.4 is 0 Å². The third-order valence-corrected chi connectivity index (χ3v) is 6.04. The predicted molar refractivity (Wildman–Crippen MR) is 76.1 cm³/mol. The molecule has 3 nitrogen and oxygen atoms in total. The number of rotatable bonds is 0. The van der Waals surface area contributed by atoms with Gasteiger partial charge in [-0.25, -0.2) is 4.39 Å². The topological polar surface area (TPSA) is 60.7 Å². The molecule has 0 aromatic heterocycles. The molecule has 1 aromatic rings. The van der Waals surface area contributed by atoms with Crippen LogP contribution in [0.15, 0.2) is 12.1 Å². The summed E-state index contributed by atoms with van der Waals surface area (Å²) in [7, 11) is 0. The molecule has 114 valence electrons. The number of aliphatic hydroxyl groups excluding tert-OH is 1. The van der Waals surface area contributed by atoms with Crippen molar-refractivity contribution in [2.75, 3.05) is 0 Å². The zero-order chi connectivity index (χ0) is 14.7. The van der Waals surface area contributed by atoms with Crippen molar-refractivity contribution in [3.63, 3.8) is 0 Å². The van der Waals surface area contributed by atoms with E-state index >= 15 is 0 Å². The van der Waals surface area contributed by atoms with E-state index in [2.05, 4.69) is 0 Å². The van der Waals surface area contributed by atoms with Gasteiger partial charge in [0.1, 0.15) is 17.7 Å². The van der Waals surface area contributed by atoms with Crippen LogP contribution in [0, 0.1) is 17.8 Å². The molecule has 21 heavy (non-hydrogen) atoms. The minimum Gasteiger partial charge on any atom is -0.508 e. The van der Waals surface area contributed by atoms with Gasteiger partial charge in [-0.2, -0.15) is 0 Å². The Morgan fingerprint density at radius 3 is 2.57 bits per heavy atom. The molecule has 0 spiro atoms. The van der Waals surface area contributed by atoms with Crippen LogP contribution in [0.1, 0.15) is 42.7 Å². The van der Waals surface area contributed by atoms with Crippen LogP contribution in [0.25, 0.3) is 0 Å². The van der Waals surface area contributed by atoms with E-state index in [0.29, 0.717) is 0 Å². The average molecular weight is 292 g/mol. The predicted octanol–water partition coefficient (Wildman–Crippen LogP) is 2.87. The summed E-state index contributed by atoms with van der Waals surface area (Å²) >= 11 is 0. The van der Waals surface area contributed by atoms with Gasteiger partial charge in [0.2, 0.25) is 0 Å². The number of fused-ring (bicyclic) bond motifs is 5. The number of aliphatic hydroxyl groups is 1. The second-order valence-corrected chi connectivity index (χ2v) is 6.99. The maximum Gasteiger partial charge on any atom is 0.123 e. The Morgan fingerprint density at radius 1 is 1.00 bits per heavy atom. The van der Waals surface area contributed by atoms with Crippen LogP contribution in [-0.2, 0) is 6.42 Å². The molecule has 0 heterocycles. The summed E-state index contributed by atoms with van der Waals surface area (Å²) in [5.41, 5.74) is 1.59. The van der Waals surface area contributed by atoms with E-state index in [9.17, 15) is 19.7 Å². The van der Waals surface area contributed by atoms with Gasteiger partial charge >= 0.3 is 0 Å². The summed E-state index contributed by atoms with van der Waals surface area (Å²) in [5.74, 6) is 0.492. The Balaban J connectivity index is 1.77. The fourth-order valence-corrected chi connectivity index (χ4v) is 5.30. The van der Waals surface area contributed by atoms with Gasteiger partial charge in [-0.05, 0) is 55.1 Å². The maximum atomic E-state index is 14.8. The lowest BCUT2D eigenvalue weighted by Crippen LogP contribution is -2.42. The van der Waals surface area contributed by atoms with Crippen molar-refractivity contribution in [3.05, 3.63) is 23.3 Å². The van der Waals surface area contributed by atoms with Gasteiger partial charge in [0.25, 0.3) is 0 Å². The minimum atomic E-state index is -0.943. The highest BCUT2D eigenvalue weighted by Crippen LogP contribution is 2.57. The van der Waals surface area contributed by atoms with E-state index < -0.39 is 6.17 Å². The molecule has 0 saturated heterocycles. The van der Waals surface area contributed by atoms with Crippen molar-refractivity contribution in [1.29, 1.82) is 0 Å². The average Bonchev–Trinajstić information content (AvgIpc) is 2.79. The third-order valence-electron chi connectivity index (χ3n) is 6.04. The number of phenols is 2. The van der Waals surface area contributed by atoms with Crippen molar-refractivity contribution in [1.82, 2.24) is 0 Å². The van der Waals surface area contributed by atoms with Crippen molar-refractivity contribution < 1.29 is 19.7 Å². The summed E-state index contributed by atoms with van der Waals surface area (Å²) in [5, 5.41) is 29.9. The lowest BCUT2D eigenvalue weighted by atomic mass is 9.60. The van der Waals surface area contributed by atoms with Crippen LogP contribution in [0.5, 0.6) is 11.5 Å². The first-order valence-electron chi connectivity index (χ1n) is 7.93. The number of phenolic OH excluding ortho intramolecular Hbond substituents is 2. The van der Waals surface area contributed by atoms with Crippen molar-refractivity contribution >= 4 is 0 Å². The standard InChI is InChI=1S/C17H21FO3/c18-13-6-8-5-9(19)7-15(21)16(8)12-2-1-10-11(17(12)13)3-4-14(10)20/h5,7,10-14,17,19-21H,1-4,6H2/t10-,11+,12+,13+,14?,17-/m0/s1. The molecule has 2 fully saturated rings. The molecule has 3 aliphatic carbocycles. The lowest BCUT2D eigenvalue weighted by molar-refractivity contribution is 0.0216. The lowest BCUT2D eigenvalue weighted by Gasteiger charge is -2.46. The van der Waals surface area contributed by atoms with E-state index in [1.807, 2.05) is 0 Å². The number of alkyl halides is 1. The highest BCUT2D eigenvalue weighted by Gasteiger charge is 2.51. The Hall–Kier alpha value is -1.29. The molecular formula is C17H21FO3. The molecule has 4 rings (SSSR count). The highest BCUT2D eigenvalue weighted by molar-refractivity contribution is 5.50. The smallest absolute Gasteiger partial charge is 0.123 e. The van der Waals surface area contributed by atoms with Crippen LogP contribution in [0.4, 0.5) is 4.39 Å². The number of aromatic hydroxyl groups is 2. The summed E-state index contributed by atoms with van der Waals surface area (Å²) in [6.45, 7) is 0. The zero-order valence-corrected chi connectivity index (χ0v) is 11.9. The van der Waals surface area contributed by atoms with Crippen LogP contribution in [-0.4, -0.2) is 27.6 Å². The maximum absolute atomic E-state index is 14.8. The fourth-order valence-electron chi connectivity index (χ4n) is 5.30. The van der Waals surface area contributed by atoms with Gasteiger partial charge in [0.05, 0.1) is 6.10 Å². The number of hydrogen-bond donors (Lipinski definition) is 3. The molecule has 6 atom stereocenters. The van der Waals surface area contributed by atoms with Gasteiger partial charge in [-0.1, -0.05) is 0 Å². The SMILES string of the molecule is Oc1cc(O)c2c(c1)C[C@@H](F)[C@H]1[C@@H]3CCC(O)[C@H]3CC[C@H]21. The van der Waals surface area contributed by atoms with E-state index in [-0.39, 0.29) is 47.7 Å². The largest absolute Gasteiger partial charge is 0.508 e. The van der Waals surface area contributed by atoms with Crippen LogP contribution >= 0.6 is 0 Å². The normalized spacial score (nSPS) is 41.2. The molecular weight excluding hydrogens is 271 g/mol. The van der Waals surface area contributed by atoms with Crippen LogP contribution in [0.2, 0.25) is 0 Å². The van der Waals surface area contributed by atoms with Gasteiger partial charge < -0.3 is 15.3 Å². The van der Waals surface area contributed by atoms with Crippen molar-refractivity contribution in [2.45, 2.75) is 50.3 Å². The molecule has 3 N–H and O–H groups in total. The summed E-state index contributed by atoms with van der Waals surface area (Å²) in [6, 6.07) is 2.96. The summed E-state index contributed by atoms with van der Waals surface area (Å²) < 4.78 is 14.8. The Kier molecular flexibility index (Phi) is 2.93.